The summed E-state index contributed by atoms with van der Waals surface area (Å²) in [4.78, 5) is 97.6. The van der Waals surface area contributed by atoms with Gasteiger partial charge < -0.3 is 37.0 Å². The third-order valence-electron chi connectivity index (χ3n) is 9.19. The summed E-state index contributed by atoms with van der Waals surface area (Å²) < 4.78 is 0. The van der Waals surface area contributed by atoms with E-state index in [9.17, 15) is 38.7 Å². The molecule has 16 heteroatoms. The fourth-order valence-electron chi connectivity index (χ4n) is 6.14. The highest BCUT2D eigenvalue weighted by atomic mass is 32.1. The lowest BCUT2D eigenvalue weighted by molar-refractivity contribution is -0.142. The largest absolute Gasteiger partial charge is 0.480 e. The van der Waals surface area contributed by atoms with Gasteiger partial charge >= 0.3 is 5.97 Å². The normalized spacial score (nSPS) is 19.8. The molecule has 2 aromatic heterocycles. The van der Waals surface area contributed by atoms with E-state index in [4.69, 9.17) is 0 Å². The van der Waals surface area contributed by atoms with Crippen molar-refractivity contribution in [2.45, 2.75) is 75.5 Å². The Morgan fingerprint density at radius 1 is 0.737 bits per heavy atom. The molecule has 4 atom stereocenters. The van der Waals surface area contributed by atoms with Crippen molar-refractivity contribution < 1.29 is 38.7 Å². The Balaban J connectivity index is 1.41. The van der Waals surface area contributed by atoms with Crippen LogP contribution in [0.3, 0.4) is 0 Å². The second kappa shape index (κ2) is 21.0. The molecule has 15 nitrogen and oxygen atoms in total. The van der Waals surface area contributed by atoms with Gasteiger partial charge in [0.25, 0.3) is 5.91 Å². The molecule has 4 heterocycles. The van der Waals surface area contributed by atoms with Crippen LogP contribution in [0.25, 0.3) is 0 Å². The van der Waals surface area contributed by atoms with E-state index in [0.29, 0.717) is 35.2 Å². The highest BCUT2D eigenvalue weighted by Gasteiger charge is 2.32. The maximum Gasteiger partial charge on any atom is 0.326 e. The number of hydrogen-bond donors (Lipinski definition) is 7. The molecule has 2 aliphatic heterocycles. The maximum atomic E-state index is 14.2. The van der Waals surface area contributed by atoms with Gasteiger partial charge in [-0.25, -0.2) is 4.79 Å². The quantitative estimate of drug-likeness (QED) is 0.0874. The molecule has 0 saturated heterocycles. The molecule has 6 rings (SSSR count). The molecule has 0 saturated carbocycles. The summed E-state index contributed by atoms with van der Waals surface area (Å²) in [5, 5.41) is 28.3. The fraction of sp³-hybridized carbons (Fsp3) is 0.317. The van der Waals surface area contributed by atoms with E-state index in [-0.39, 0.29) is 51.0 Å². The SMILES string of the molecule is O=C1CCC(=O)N[C@H](Cc2cccs2)C(=O)N[C@@H](CCCCNC(=O)c2cccnc2)C(=O)N[C@H](Cc2ccccc2)C(=O)N[C@H](C(=O)O)Cc2ccc(cc2)N1. The first-order valence-electron chi connectivity index (χ1n) is 18.6. The first-order chi connectivity index (χ1) is 27.5. The number of unbranched alkanes of at least 4 members (excludes halogenated alkanes) is 1. The number of carbonyl (C=O) groups excluding carboxylic acids is 6. The third kappa shape index (κ3) is 13.4. The van der Waals surface area contributed by atoms with Crippen molar-refractivity contribution in [3.8, 4) is 0 Å². The summed E-state index contributed by atoms with van der Waals surface area (Å²) >= 11 is 1.38. The smallest absolute Gasteiger partial charge is 0.326 e. The predicted octanol–water partition coefficient (Wildman–Crippen LogP) is 2.53. The van der Waals surface area contributed by atoms with E-state index in [1.807, 2.05) is 11.4 Å². The van der Waals surface area contributed by atoms with Gasteiger partial charge in [0.05, 0.1) is 5.56 Å². The van der Waals surface area contributed by atoms with Gasteiger partial charge in [-0.1, -0.05) is 48.5 Å². The molecule has 2 bridgehead atoms. The summed E-state index contributed by atoms with van der Waals surface area (Å²) in [5.41, 5.74) is 2.07. The molecule has 0 fully saturated rings. The van der Waals surface area contributed by atoms with Crippen LogP contribution in [-0.4, -0.2) is 82.2 Å². The fourth-order valence-corrected chi connectivity index (χ4v) is 6.89. The van der Waals surface area contributed by atoms with Gasteiger partial charge in [-0.05, 0) is 66.1 Å². The highest BCUT2D eigenvalue weighted by Crippen LogP contribution is 2.15. The Morgan fingerprint density at radius 3 is 2.14 bits per heavy atom. The number of amides is 6. The van der Waals surface area contributed by atoms with Crippen LogP contribution in [0.4, 0.5) is 5.69 Å². The standard InChI is InChI=1S/C41H45N7O8S/c49-35-17-18-36(50)45-33(24-30-11-7-21-57-30)40(54)46-31(12-4-5-20-43-37(51)28-10-6-19-42-25-28)38(52)47-32(22-26-8-2-1-3-9-26)39(53)48-34(41(55)56)23-27-13-15-29(44-35)16-14-27/h1-3,6-11,13-16,19,21,25,31-34H,4-5,12,17-18,20,22-24H2,(H,43,51)(H,44,49)(H,45,50)(H,46,54)(H,47,52)(H,48,53)(H,55,56)/t31-,32+,33+,34-/m0/s1. The molecule has 4 aromatic rings. The Hall–Kier alpha value is -6.42. The van der Waals surface area contributed by atoms with Crippen molar-refractivity contribution in [1.29, 1.82) is 0 Å². The van der Waals surface area contributed by atoms with Crippen molar-refractivity contribution in [2.75, 3.05) is 11.9 Å². The van der Waals surface area contributed by atoms with Gasteiger partial charge in [-0.3, -0.25) is 33.8 Å². The number of nitrogens with zero attached hydrogens (tertiary/aromatic N) is 1. The lowest BCUT2D eigenvalue weighted by Gasteiger charge is -2.26. The predicted molar refractivity (Wildman–Crippen MR) is 212 cm³/mol. The van der Waals surface area contributed by atoms with Gasteiger partial charge in [0.2, 0.25) is 29.5 Å². The number of nitrogens with one attached hydrogen (secondary N) is 6. The summed E-state index contributed by atoms with van der Waals surface area (Å²) in [6.07, 6.45) is 3.50. The number of benzene rings is 2. The number of pyridine rings is 1. The summed E-state index contributed by atoms with van der Waals surface area (Å²) in [7, 11) is 0. The molecule has 298 valence electrons. The third-order valence-corrected chi connectivity index (χ3v) is 10.1. The van der Waals surface area contributed by atoms with Crippen LogP contribution >= 0.6 is 11.3 Å². The molecule has 0 unspecified atom stereocenters. The zero-order valence-electron chi connectivity index (χ0n) is 31.1. The number of rotatable bonds is 11. The molecule has 0 aliphatic carbocycles. The van der Waals surface area contributed by atoms with E-state index < -0.39 is 59.7 Å². The number of aromatic nitrogens is 1. The Bertz CT molecular complexity index is 2000. The van der Waals surface area contributed by atoms with Crippen LogP contribution in [0.5, 0.6) is 0 Å². The minimum atomic E-state index is -1.37. The van der Waals surface area contributed by atoms with Crippen molar-refractivity contribution in [1.82, 2.24) is 31.6 Å². The number of carboxylic acids is 1. The Kier molecular flexibility index (Phi) is 15.4. The monoisotopic (exact) mass is 795 g/mol. The highest BCUT2D eigenvalue weighted by molar-refractivity contribution is 7.09. The average Bonchev–Trinajstić information content (AvgIpc) is 3.73. The first-order valence-corrected chi connectivity index (χ1v) is 19.5. The number of carboxylic acid groups (broad SMARTS) is 1. The summed E-state index contributed by atoms with van der Waals surface area (Å²) in [6.45, 7) is 0.263. The van der Waals surface area contributed by atoms with Crippen LogP contribution in [0.1, 0.15) is 58.5 Å². The molecule has 7 N–H and O–H groups in total. The minimum absolute atomic E-state index is 0.0112. The molecular weight excluding hydrogens is 751 g/mol. The van der Waals surface area contributed by atoms with Crippen LogP contribution in [-0.2, 0) is 48.0 Å². The zero-order valence-corrected chi connectivity index (χ0v) is 31.9. The number of hydrogen-bond acceptors (Lipinski definition) is 9. The van der Waals surface area contributed by atoms with Crippen LogP contribution < -0.4 is 31.9 Å². The van der Waals surface area contributed by atoms with Crippen LogP contribution in [0.15, 0.2) is 96.6 Å². The van der Waals surface area contributed by atoms with E-state index >= 15 is 0 Å². The average molecular weight is 796 g/mol. The first kappa shape index (κ1) is 41.7. The Labute approximate surface area is 333 Å². The number of fused-ring (bicyclic) bond motifs is 18. The molecule has 2 aromatic carbocycles. The van der Waals surface area contributed by atoms with E-state index in [2.05, 4.69) is 36.9 Å². The Morgan fingerprint density at radius 2 is 1.44 bits per heavy atom. The van der Waals surface area contributed by atoms with Gasteiger partial charge in [-0.2, -0.15) is 0 Å². The second-order valence-corrected chi connectivity index (χ2v) is 14.6. The molecule has 0 radical (unpaired) electrons. The summed E-state index contributed by atoms with van der Waals surface area (Å²) in [6, 6.07) is 17.3. The number of thiophene rings is 1. The lowest BCUT2D eigenvalue weighted by Crippen LogP contribution is -2.58. The number of aliphatic carboxylic acids is 1. The van der Waals surface area contributed by atoms with E-state index in [0.717, 1.165) is 4.88 Å². The number of carbonyl (C=O) groups is 7. The number of anilines is 1. The van der Waals surface area contributed by atoms with Crippen molar-refractivity contribution in [3.63, 3.8) is 0 Å². The van der Waals surface area contributed by atoms with Crippen LogP contribution in [0, 0.1) is 0 Å². The van der Waals surface area contributed by atoms with E-state index in [1.54, 1.807) is 79.0 Å². The second-order valence-electron chi connectivity index (χ2n) is 13.6. The van der Waals surface area contributed by atoms with Crippen molar-refractivity contribution in [3.05, 3.63) is 118 Å². The topological polar surface area (TPSA) is 225 Å². The van der Waals surface area contributed by atoms with Crippen molar-refractivity contribution in [2.24, 2.45) is 0 Å². The van der Waals surface area contributed by atoms with Gasteiger partial charge in [0, 0.05) is 61.6 Å². The van der Waals surface area contributed by atoms with Gasteiger partial charge in [0.1, 0.15) is 24.2 Å². The van der Waals surface area contributed by atoms with Gasteiger partial charge in [0.15, 0.2) is 0 Å². The molecular formula is C41H45N7O8S. The molecule has 6 amide bonds. The summed E-state index contributed by atoms with van der Waals surface area (Å²) in [5.74, 6) is -4.72. The zero-order chi connectivity index (χ0) is 40.6. The molecule has 57 heavy (non-hydrogen) atoms. The maximum absolute atomic E-state index is 14.2. The van der Waals surface area contributed by atoms with E-state index in [1.165, 1.54) is 17.5 Å². The van der Waals surface area contributed by atoms with Crippen molar-refractivity contribution >= 4 is 58.4 Å². The van der Waals surface area contributed by atoms with Crippen LogP contribution in [0.2, 0.25) is 0 Å². The molecule has 2 aliphatic rings. The molecule has 0 spiro atoms. The lowest BCUT2D eigenvalue weighted by atomic mass is 10.0. The minimum Gasteiger partial charge on any atom is -0.480 e. The van der Waals surface area contributed by atoms with Gasteiger partial charge in [-0.15, -0.1) is 11.3 Å².